The molecule has 0 aliphatic heterocycles. The zero-order valence-corrected chi connectivity index (χ0v) is 16.4. The van der Waals surface area contributed by atoms with Gasteiger partial charge in [-0.2, -0.15) is 5.26 Å². The molecule has 0 radical (unpaired) electrons. The Labute approximate surface area is 155 Å². The summed E-state index contributed by atoms with van der Waals surface area (Å²) < 4.78 is 7.12. The number of hydrogen-bond donors (Lipinski definition) is 1. The SMILES string of the molecule is CCCNC(=O)COC(=O)/C(C#N)=C/c1cc(C)n(CCC(C)C)c1C. The van der Waals surface area contributed by atoms with E-state index in [9.17, 15) is 14.9 Å². The molecule has 0 saturated heterocycles. The zero-order valence-electron chi connectivity index (χ0n) is 16.4. The van der Waals surface area contributed by atoms with Crippen molar-refractivity contribution in [1.82, 2.24) is 9.88 Å². The van der Waals surface area contributed by atoms with Crippen molar-refractivity contribution >= 4 is 18.0 Å². The highest BCUT2D eigenvalue weighted by Gasteiger charge is 2.15. The van der Waals surface area contributed by atoms with E-state index < -0.39 is 5.97 Å². The standard InChI is InChI=1S/C20H29N3O3/c1-6-8-22-19(24)13-26-20(25)18(12-21)11-17-10-15(4)23(16(17)5)9-7-14(2)3/h10-11,14H,6-9,13H2,1-5H3,(H,22,24)/b18-11+. The van der Waals surface area contributed by atoms with Crippen LogP contribution in [0.5, 0.6) is 0 Å². The predicted octanol–water partition coefficient (Wildman–Crippen LogP) is 3.13. The summed E-state index contributed by atoms with van der Waals surface area (Å²) in [5.41, 5.74) is 2.79. The highest BCUT2D eigenvalue weighted by Crippen LogP contribution is 2.20. The molecule has 1 aromatic rings. The van der Waals surface area contributed by atoms with Crippen molar-refractivity contribution in [2.45, 2.75) is 54.0 Å². The van der Waals surface area contributed by atoms with Gasteiger partial charge in [0.1, 0.15) is 11.6 Å². The molecule has 6 nitrogen and oxygen atoms in total. The van der Waals surface area contributed by atoms with Crippen molar-refractivity contribution in [2.75, 3.05) is 13.2 Å². The average Bonchev–Trinajstić information content (AvgIpc) is 2.86. The lowest BCUT2D eigenvalue weighted by molar-refractivity contribution is -0.144. The van der Waals surface area contributed by atoms with Crippen LogP contribution in [0.4, 0.5) is 0 Å². The van der Waals surface area contributed by atoms with E-state index in [2.05, 4.69) is 23.7 Å². The van der Waals surface area contributed by atoms with Gasteiger partial charge in [0.05, 0.1) is 0 Å². The molecular formula is C20H29N3O3. The number of nitriles is 1. The van der Waals surface area contributed by atoms with E-state index in [0.29, 0.717) is 12.5 Å². The number of hydrogen-bond acceptors (Lipinski definition) is 4. The summed E-state index contributed by atoms with van der Waals surface area (Å²) >= 11 is 0. The number of aryl methyl sites for hydroxylation is 1. The number of rotatable bonds is 9. The number of nitrogens with zero attached hydrogens (tertiary/aromatic N) is 2. The van der Waals surface area contributed by atoms with Gasteiger partial charge >= 0.3 is 5.97 Å². The Morgan fingerprint density at radius 3 is 2.65 bits per heavy atom. The molecule has 1 amide bonds. The summed E-state index contributed by atoms with van der Waals surface area (Å²) in [5.74, 6) is -0.561. The molecular weight excluding hydrogens is 330 g/mol. The second kappa shape index (κ2) is 10.4. The lowest BCUT2D eigenvalue weighted by atomic mass is 10.1. The maximum atomic E-state index is 12.1. The topological polar surface area (TPSA) is 84.1 Å². The zero-order chi connectivity index (χ0) is 19.7. The van der Waals surface area contributed by atoms with E-state index in [1.807, 2.05) is 32.9 Å². The van der Waals surface area contributed by atoms with Gasteiger partial charge in [-0.3, -0.25) is 4.79 Å². The largest absolute Gasteiger partial charge is 0.451 e. The summed E-state index contributed by atoms with van der Waals surface area (Å²) in [7, 11) is 0. The fourth-order valence-electron chi connectivity index (χ4n) is 2.52. The smallest absolute Gasteiger partial charge is 0.349 e. The Hall–Kier alpha value is -2.55. The van der Waals surface area contributed by atoms with E-state index >= 15 is 0 Å². The lowest BCUT2D eigenvalue weighted by Gasteiger charge is -2.11. The third-order valence-corrected chi connectivity index (χ3v) is 4.09. The molecule has 1 N–H and O–H groups in total. The lowest BCUT2D eigenvalue weighted by Crippen LogP contribution is -2.29. The third kappa shape index (κ3) is 6.40. The number of carbonyl (C=O) groups excluding carboxylic acids is 2. The van der Waals surface area contributed by atoms with Crippen LogP contribution in [0.1, 0.15) is 50.6 Å². The maximum absolute atomic E-state index is 12.1. The number of ether oxygens (including phenoxy) is 1. The molecule has 26 heavy (non-hydrogen) atoms. The quantitative estimate of drug-likeness (QED) is 0.417. The molecule has 6 heteroatoms. The molecule has 0 atom stereocenters. The Kier molecular flexibility index (Phi) is 8.63. The van der Waals surface area contributed by atoms with E-state index in [1.165, 1.54) is 6.08 Å². The summed E-state index contributed by atoms with van der Waals surface area (Å²) in [5, 5.41) is 11.9. The molecule has 0 spiro atoms. The van der Waals surface area contributed by atoms with Crippen molar-refractivity contribution < 1.29 is 14.3 Å². The van der Waals surface area contributed by atoms with Crippen LogP contribution >= 0.6 is 0 Å². The maximum Gasteiger partial charge on any atom is 0.349 e. The molecule has 1 rings (SSSR count). The number of nitrogens with one attached hydrogen (secondary N) is 1. The highest BCUT2D eigenvalue weighted by atomic mass is 16.5. The van der Waals surface area contributed by atoms with Gasteiger partial charge in [0.25, 0.3) is 5.91 Å². The molecule has 1 heterocycles. The van der Waals surface area contributed by atoms with Crippen molar-refractivity contribution in [1.29, 1.82) is 5.26 Å². The van der Waals surface area contributed by atoms with Gasteiger partial charge in [-0.15, -0.1) is 0 Å². The first kappa shape index (κ1) is 21.5. The monoisotopic (exact) mass is 359 g/mol. The second-order valence-corrected chi connectivity index (χ2v) is 6.76. The van der Waals surface area contributed by atoms with Gasteiger partial charge in [0.2, 0.25) is 0 Å². The van der Waals surface area contributed by atoms with Crippen LogP contribution in [0.3, 0.4) is 0 Å². The average molecular weight is 359 g/mol. The minimum Gasteiger partial charge on any atom is -0.451 e. The van der Waals surface area contributed by atoms with Gasteiger partial charge in [-0.05, 0) is 50.3 Å². The number of aromatic nitrogens is 1. The number of esters is 1. The molecule has 1 aromatic heterocycles. The van der Waals surface area contributed by atoms with Crippen LogP contribution < -0.4 is 5.32 Å². The normalized spacial score (nSPS) is 11.3. The van der Waals surface area contributed by atoms with Crippen molar-refractivity contribution in [2.24, 2.45) is 5.92 Å². The predicted molar refractivity (Wildman–Crippen MR) is 101 cm³/mol. The molecule has 0 unspecified atom stereocenters. The van der Waals surface area contributed by atoms with Gasteiger partial charge in [0.15, 0.2) is 6.61 Å². The van der Waals surface area contributed by atoms with E-state index in [0.717, 1.165) is 36.3 Å². The van der Waals surface area contributed by atoms with Crippen LogP contribution in [0.2, 0.25) is 0 Å². The highest BCUT2D eigenvalue weighted by molar-refractivity contribution is 5.99. The minimum absolute atomic E-state index is 0.114. The van der Waals surface area contributed by atoms with Crippen LogP contribution in [0, 0.1) is 31.1 Å². The Morgan fingerprint density at radius 1 is 1.38 bits per heavy atom. The minimum atomic E-state index is -0.786. The first-order chi connectivity index (χ1) is 12.3. The van der Waals surface area contributed by atoms with Crippen LogP contribution in [-0.4, -0.2) is 29.6 Å². The van der Waals surface area contributed by atoms with Crippen molar-refractivity contribution in [3.8, 4) is 6.07 Å². The van der Waals surface area contributed by atoms with Crippen LogP contribution in [0.15, 0.2) is 11.6 Å². The molecule has 0 aliphatic rings. The third-order valence-electron chi connectivity index (χ3n) is 4.09. The Bertz CT molecular complexity index is 709. The van der Waals surface area contributed by atoms with E-state index in [-0.39, 0.29) is 18.1 Å². The first-order valence-electron chi connectivity index (χ1n) is 9.02. The molecule has 0 fully saturated rings. The first-order valence-corrected chi connectivity index (χ1v) is 9.02. The molecule has 0 aliphatic carbocycles. The van der Waals surface area contributed by atoms with Gasteiger partial charge in [-0.1, -0.05) is 20.8 Å². The Morgan fingerprint density at radius 2 is 2.08 bits per heavy atom. The molecule has 142 valence electrons. The van der Waals surface area contributed by atoms with Gasteiger partial charge in [-0.25, -0.2) is 4.79 Å². The summed E-state index contributed by atoms with van der Waals surface area (Å²) in [6.45, 7) is 11.3. The summed E-state index contributed by atoms with van der Waals surface area (Å²) in [6, 6.07) is 3.82. The second-order valence-electron chi connectivity index (χ2n) is 6.76. The van der Waals surface area contributed by atoms with Crippen molar-refractivity contribution in [3.63, 3.8) is 0 Å². The van der Waals surface area contributed by atoms with Crippen LogP contribution in [0.25, 0.3) is 6.08 Å². The molecule has 0 aromatic carbocycles. The number of amides is 1. The fourth-order valence-corrected chi connectivity index (χ4v) is 2.52. The van der Waals surface area contributed by atoms with E-state index in [1.54, 1.807) is 0 Å². The van der Waals surface area contributed by atoms with Gasteiger partial charge in [0, 0.05) is 24.5 Å². The van der Waals surface area contributed by atoms with Gasteiger partial charge < -0.3 is 14.6 Å². The molecule has 0 bridgehead atoms. The molecule has 0 saturated carbocycles. The van der Waals surface area contributed by atoms with Crippen molar-refractivity contribution in [3.05, 3.63) is 28.6 Å². The Balaban J connectivity index is 2.85. The van der Waals surface area contributed by atoms with Crippen LogP contribution in [-0.2, 0) is 20.9 Å². The number of carbonyl (C=O) groups is 2. The summed E-state index contributed by atoms with van der Waals surface area (Å²) in [4.78, 5) is 23.6. The summed E-state index contributed by atoms with van der Waals surface area (Å²) in [6.07, 6.45) is 3.38. The fraction of sp³-hybridized carbons (Fsp3) is 0.550. The van der Waals surface area contributed by atoms with E-state index in [4.69, 9.17) is 4.74 Å².